The van der Waals surface area contributed by atoms with Crippen molar-refractivity contribution in [2.45, 2.75) is 95.6 Å². The number of rotatable bonds is 6. The van der Waals surface area contributed by atoms with Crippen molar-refractivity contribution in [3.05, 3.63) is 0 Å². The number of aliphatic imine (C=N–C) groups is 1. The van der Waals surface area contributed by atoms with E-state index in [2.05, 4.69) is 5.32 Å². The lowest BCUT2D eigenvalue weighted by atomic mass is 9.74. The SMILES string of the molecule is CC(=O)N[C@@H]1CCCC(C[C@@]2(CCC3CCCCC3)N=C(N)N(C)C2=O)C1. The third kappa shape index (κ3) is 4.82. The molecule has 2 amide bonds. The minimum Gasteiger partial charge on any atom is -0.369 e. The molecule has 2 fully saturated rings. The molecule has 152 valence electrons. The molecule has 3 rings (SSSR count). The summed E-state index contributed by atoms with van der Waals surface area (Å²) in [5, 5.41) is 3.07. The van der Waals surface area contributed by atoms with Gasteiger partial charge in [-0.1, -0.05) is 44.9 Å². The first-order valence-electron chi connectivity index (χ1n) is 10.8. The van der Waals surface area contributed by atoms with Gasteiger partial charge in [0.15, 0.2) is 5.96 Å². The van der Waals surface area contributed by atoms with Crippen molar-refractivity contribution in [3.63, 3.8) is 0 Å². The smallest absolute Gasteiger partial charge is 0.257 e. The zero-order valence-corrected chi connectivity index (χ0v) is 17.0. The van der Waals surface area contributed by atoms with Gasteiger partial charge in [-0.3, -0.25) is 14.5 Å². The van der Waals surface area contributed by atoms with E-state index in [1.165, 1.54) is 37.0 Å². The first-order valence-corrected chi connectivity index (χ1v) is 10.8. The Hall–Kier alpha value is -1.59. The fraction of sp³-hybridized carbons (Fsp3) is 0.857. The van der Waals surface area contributed by atoms with Crippen molar-refractivity contribution < 1.29 is 9.59 Å². The monoisotopic (exact) mass is 376 g/mol. The second-order valence-electron chi connectivity index (χ2n) is 9.04. The number of guanidine groups is 1. The first kappa shape index (κ1) is 20.2. The maximum Gasteiger partial charge on any atom is 0.257 e. The number of nitrogens with zero attached hydrogens (tertiary/aromatic N) is 2. The van der Waals surface area contributed by atoms with Crippen LogP contribution in [0.2, 0.25) is 0 Å². The van der Waals surface area contributed by atoms with Gasteiger partial charge in [-0.25, -0.2) is 4.99 Å². The number of carbonyl (C=O) groups excluding carboxylic acids is 2. The Morgan fingerprint density at radius 3 is 2.52 bits per heavy atom. The molecule has 2 aliphatic carbocycles. The molecular formula is C21H36N4O2. The standard InChI is InChI=1S/C21H36N4O2/c1-15(26)23-18-10-6-9-17(13-18)14-21(19(27)25(2)20(22)24-21)12-11-16-7-4-3-5-8-16/h16-18H,3-14H2,1-2H3,(H2,22,24)(H,23,26)/t17?,18-,21-/m1/s1. The maximum atomic E-state index is 13.1. The van der Waals surface area contributed by atoms with Crippen LogP contribution in [0.5, 0.6) is 0 Å². The summed E-state index contributed by atoms with van der Waals surface area (Å²) in [5.41, 5.74) is 5.37. The van der Waals surface area contributed by atoms with Crippen molar-refractivity contribution >= 4 is 17.8 Å². The van der Waals surface area contributed by atoms with Gasteiger partial charge in [0.05, 0.1) is 0 Å². The van der Waals surface area contributed by atoms with Crippen molar-refractivity contribution in [2.24, 2.45) is 22.6 Å². The van der Waals surface area contributed by atoms with Gasteiger partial charge in [0, 0.05) is 20.0 Å². The number of likely N-dealkylation sites (N-methyl/N-ethyl adjacent to an activating group) is 1. The van der Waals surface area contributed by atoms with Crippen LogP contribution >= 0.6 is 0 Å². The molecule has 3 aliphatic rings. The number of nitrogens with one attached hydrogen (secondary N) is 1. The van der Waals surface area contributed by atoms with E-state index >= 15 is 0 Å². The van der Waals surface area contributed by atoms with E-state index in [0.29, 0.717) is 11.9 Å². The van der Waals surface area contributed by atoms with Gasteiger partial charge in [-0.2, -0.15) is 0 Å². The molecule has 0 bridgehead atoms. The molecule has 3 atom stereocenters. The fourth-order valence-electron chi connectivity index (χ4n) is 5.45. The van der Waals surface area contributed by atoms with Gasteiger partial charge in [-0.15, -0.1) is 0 Å². The Bertz CT molecular complexity index is 585. The van der Waals surface area contributed by atoms with Crippen LogP contribution in [-0.4, -0.2) is 41.3 Å². The summed E-state index contributed by atoms with van der Waals surface area (Å²) in [6, 6.07) is 0.229. The van der Waals surface area contributed by atoms with Crippen LogP contribution < -0.4 is 11.1 Å². The Balaban J connectivity index is 1.68. The van der Waals surface area contributed by atoms with E-state index in [1.807, 2.05) is 0 Å². The third-order valence-electron chi connectivity index (χ3n) is 6.88. The normalized spacial score (nSPS) is 32.4. The highest BCUT2D eigenvalue weighted by molar-refractivity contribution is 6.06. The predicted octanol–water partition coefficient (Wildman–Crippen LogP) is 2.96. The summed E-state index contributed by atoms with van der Waals surface area (Å²) in [6.07, 6.45) is 13.4. The average molecular weight is 377 g/mol. The lowest BCUT2D eigenvalue weighted by Crippen LogP contribution is -2.45. The maximum absolute atomic E-state index is 13.1. The number of amides is 2. The van der Waals surface area contributed by atoms with Crippen molar-refractivity contribution in [3.8, 4) is 0 Å². The van der Waals surface area contributed by atoms with Crippen LogP contribution in [0.4, 0.5) is 0 Å². The average Bonchev–Trinajstić information content (AvgIpc) is 2.85. The van der Waals surface area contributed by atoms with Gasteiger partial charge in [0.1, 0.15) is 5.54 Å². The van der Waals surface area contributed by atoms with Crippen LogP contribution in [0.3, 0.4) is 0 Å². The molecule has 0 radical (unpaired) electrons. The molecule has 0 saturated heterocycles. The predicted molar refractivity (Wildman–Crippen MR) is 107 cm³/mol. The molecule has 2 saturated carbocycles. The summed E-state index contributed by atoms with van der Waals surface area (Å²) >= 11 is 0. The number of nitrogens with two attached hydrogens (primary N) is 1. The van der Waals surface area contributed by atoms with E-state index in [1.54, 1.807) is 14.0 Å². The Morgan fingerprint density at radius 1 is 1.19 bits per heavy atom. The molecule has 1 unspecified atom stereocenters. The molecular weight excluding hydrogens is 340 g/mol. The van der Waals surface area contributed by atoms with Crippen LogP contribution in [0.25, 0.3) is 0 Å². The van der Waals surface area contributed by atoms with Gasteiger partial charge in [0.25, 0.3) is 5.91 Å². The zero-order valence-electron chi connectivity index (χ0n) is 17.0. The summed E-state index contributed by atoms with van der Waals surface area (Å²) in [7, 11) is 1.74. The Morgan fingerprint density at radius 2 is 1.89 bits per heavy atom. The Labute approximate surface area is 163 Å². The van der Waals surface area contributed by atoms with Crippen molar-refractivity contribution in [1.82, 2.24) is 10.2 Å². The van der Waals surface area contributed by atoms with Gasteiger partial charge in [-0.05, 0) is 43.9 Å². The molecule has 0 aromatic rings. The molecule has 6 heteroatoms. The summed E-state index contributed by atoms with van der Waals surface area (Å²) in [5.74, 6) is 1.60. The molecule has 27 heavy (non-hydrogen) atoms. The summed E-state index contributed by atoms with van der Waals surface area (Å²) in [6.45, 7) is 1.58. The highest BCUT2D eigenvalue weighted by atomic mass is 16.2. The lowest BCUT2D eigenvalue weighted by Gasteiger charge is -2.35. The van der Waals surface area contributed by atoms with E-state index in [9.17, 15) is 9.59 Å². The van der Waals surface area contributed by atoms with Crippen LogP contribution in [0.15, 0.2) is 4.99 Å². The number of carbonyl (C=O) groups is 2. The summed E-state index contributed by atoms with van der Waals surface area (Å²) in [4.78, 5) is 30.8. The molecule has 0 spiro atoms. The highest BCUT2D eigenvalue weighted by Gasteiger charge is 2.48. The van der Waals surface area contributed by atoms with Gasteiger partial charge >= 0.3 is 0 Å². The van der Waals surface area contributed by atoms with Crippen LogP contribution in [-0.2, 0) is 9.59 Å². The van der Waals surface area contributed by atoms with E-state index in [4.69, 9.17) is 10.7 Å². The van der Waals surface area contributed by atoms with E-state index < -0.39 is 5.54 Å². The second kappa shape index (κ2) is 8.61. The lowest BCUT2D eigenvalue weighted by molar-refractivity contribution is -0.131. The molecule has 1 aliphatic heterocycles. The third-order valence-corrected chi connectivity index (χ3v) is 6.88. The van der Waals surface area contributed by atoms with E-state index in [-0.39, 0.29) is 17.9 Å². The molecule has 6 nitrogen and oxygen atoms in total. The second-order valence-corrected chi connectivity index (χ2v) is 9.04. The minimum atomic E-state index is -0.681. The van der Waals surface area contributed by atoms with Gasteiger partial charge in [0.2, 0.25) is 5.91 Å². The summed E-state index contributed by atoms with van der Waals surface area (Å²) < 4.78 is 0. The largest absolute Gasteiger partial charge is 0.369 e. The Kier molecular flexibility index (Phi) is 6.43. The molecule has 0 aromatic carbocycles. The molecule has 0 aromatic heterocycles. The highest BCUT2D eigenvalue weighted by Crippen LogP contribution is 2.40. The number of hydrogen-bond acceptors (Lipinski definition) is 4. The molecule has 1 heterocycles. The van der Waals surface area contributed by atoms with Crippen molar-refractivity contribution in [2.75, 3.05) is 7.05 Å². The van der Waals surface area contributed by atoms with Crippen molar-refractivity contribution in [1.29, 1.82) is 0 Å². The van der Waals surface area contributed by atoms with Gasteiger partial charge < -0.3 is 11.1 Å². The zero-order chi connectivity index (χ0) is 19.4. The first-order chi connectivity index (χ1) is 12.9. The minimum absolute atomic E-state index is 0.0339. The molecule has 3 N–H and O–H groups in total. The number of hydrogen-bond donors (Lipinski definition) is 2. The fourth-order valence-corrected chi connectivity index (χ4v) is 5.45. The van der Waals surface area contributed by atoms with Crippen LogP contribution in [0, 0.1) is 11.8 Å². The van der Waals surface area contributed by atoms with Crippen LogP contribution in [0.1, 0.15) is 84.0 Å². The quantitative estimate of drug-likeness (QED) is 0.747. The van der Waals surface area contributed by atoms with E-state index in [0.717, 1.165) is 50.9 Å². The topological polar surface area (TPSA) is 87.8 Å².